The molecule has 1 N–H and O–H groups in total. The minimum Gasteiger partial charge on any atom is -0.491 e. The molecule has 0 aliphatic rings. The van der Waals surface area contributed by atoms with Gasteiger partial charge in [0.2, 0.25) is 0 Å². The molecule has 0 saturated heterocycles. The molecule has 0 aromatic heterocycles. The molecule has 2 aromatic rings. The average Bonchev–Trinajstić information content (AvgIpc) is 2.71. The van der Waals surface area contributed by atoms with Crippen LogP contribution in [0.15, 0.2) is 36.4 Å². The molecule has 3 nitrogen and oxygen atoms in total. The predicted octanol–water partition coefficient (Wildman–Crippen LogP) is 6.28. The van der Waals surface area contributed by atoms with Crippen molar-refractivity contribution >= 4 is 34.8 Å². The van der Waals surface area contributed by atoms with E-state index < -0.39 is 12.8 Å². The molecule has 2 atom stereocenters. The number of rotatable bonds is 10. The fourth-order valence-electron chi connectivity index (χ4n) is 2.70. The Morgan fingerprint density at radius 3 is 2.10 bits per heavy atom. The summed E-state index contributed by atoms with van der Waals surface area (Å²) in [6.07, 6.45) is -1.12. The third kappa shape index (κ3) is 6.39. The normalized spacial score (nSPS) is 13.8. The van der Waals surface area contributed by atoms with Gasteiger partial charge in [-0.1, -0.05) is 56.1 Å². The second kappa shape index (κ2) is 10.7. The first-order valence-electron chi connectivity index (χ1n) is 9.34. The lowest BCUT2D eigenvalue weighted by atomic mass is 9.78. The molecule has 7 heteroatoms. The fourth-order valence-corrected chi connectivity index (χ4v) is 3.39. The number of aliphatic hydroxyl groups is 1. The summed E-state index contributed by atoms with van der Waals surface area (Å²) in [5.41, 5.74) is 1.57. The van der Waals surface area contributed by atoms with Gasteiger partial charge in [-0.05, 0) is 35.4 Å². The van der Waals surface area contributed by atoms with Crippen LogP contribution in [0, 0.1) is 5.92 Å². The number of hydrogen-bond donors (Lipinski definition) is 1. The lowest BCUT2D eigenvalue weighted by molar-refractivity contribution is 0.0842. The SMILES string of the molecule is C[C@@H](CCl)COc1c(Cl)cc(C(C)(C)c2ccc(OC[C@H](O)CF)cc2)cc1Cl. The second-order valence-corrected chi connectivity index (χ2v) is 8.73. The Hall–Kier alpha value is -1.20. The molecule has 160 valence electrons. The minimum atomic E-state index is -1.12. The van der Waals surface area contributed by atoms with Crippen molar-refractivity contribution in [2.45, 2.75) is 32.3 Å². The maximum Gasteiger partial charge on any atom is 0.156 e. The lowest BCUT2D eigenvalue weighted by Gasteiger charge is -2.27. The van der Waals surface area contributed by atoms with Gasteiger partial charge in [-0.15, -0.1) is 11.6 Å². The van der Waals surface area contributed by atoms with Crippen molar-refractivity contribution < 1.29 is 19.0 Å². The third-order valence-electron chi connectivity index (χ3n) is 4.69. The maximum absolute atomic E-state index is 12.3. The van der Waals surface area contributed by atoms with Crippen molar-refractivity contribution in [3.05, 3.63) is 57.6 Å². The van der Waals surface area contributed by atoms with Gasteiger partial charge in [-0.2, -0.15) is 0 Å². The highest BCUT2D eigenvalue weighted by atomic mass is 35.5. The maximum atomic E-state index is 12.3. The largest absolute Gasteiger partial charge is 0.491 e. The zero-order valence-corrected chi connectivity index (χ0v) is 19.0. The number of halogens is 4. The van der Waals surface area contributed by atoms with Crippen LogP contribution in [0.25, 0.3) is 0 Å². The Balaban J connectivity index is 2.19. The molecular weight excluding hydrogens is 438 g/mol. The smallest absolute Gasteiger partial charge is 0.156 e. The van der Waals surface area contributed by atoms with Crippen LogP contribution < -0.4 is 9.47 Å². The molecule has 0 aliphatic heterocycles. The van der Waals surface area contributed by atoms with E-state index in [9.17, 15) is 9.50 Å². The molecule has 2 rings (SSSR count). The summed E-state index contributed by atoms with van der Waals surface area (Å²) < 4.78 is 23.5. The van der Waals surface area contributed by atoms with E-state index in [2.05, 4.69) is 13.8 Å². The minimum absolute atomic E-state index is 0.0890. The van der Waals surface area contributed by atoms with Crippen molar-refractivity contribution in [1.29, 1.82) is 0 Å². The molecule has 29 heavy (non-hydrogen) atoms. The highest BCUT2D eigenvalue weighted by Crippen LogP contribution is 2.40. The highest BCUT2D eigenvalue weighted by Gasteiger charge is 2.26. The number of ether oxygens (including phenoxy) is 2. The first kappa shape index (κ1) is 24.1. The van der Waals surface area contributed by atoms with E-state index in [4.69, 9.17) is 44.3 Å². The van der Waals surface area contributed by atoms with Crippen molar-refractivity contribution in [3.63, 3.8) is 0 Å². The molecule has 0 saturated carbocycles. The number of benzene rings is 2. The molecule has 0 radical (unpaired) electrons. The molecule has 0 heterocycles. The third-order valence-corrected chi connectivity index (χ3v) is 5.78. The van der Waals surface area contributed by atoms with Gasteiger partial charge in [0, 0.05) is 17.2 Å². The predicted molar refractivity (Wildman–Crippen MR) is 118 cm³/mol. The summed E-state index contributed by atoms with van der Waals surface area (Å²) in [7, 11) is 0. The van der Waals surface area contributed by atoms with Crippen LogP contribution in [0.1, 0.15) is 31.9 Å². The van der Waals surface area contributed by atoms with Crippen LogP contribution in [0.3, 0.4) is 0 Å². The zero-order valence-electron chi connectivity index (χ0n) is 16.7. The van der Waals surface area contributed by atoms with Crippen LogP contribution in [0.2, 0.25) is 10.0 Å². The summed E-state index contributed by atoms with van der Waals surface area (Å²) in [6, 6.07) is 11.1. The number of aliphatic hydroxyl groups excluding tert-OH is 1. The Morgan fingerprint density at radius 2 is 1.59 bits per heavy atom. The Bertz CT molecular complexity index is 773. The number of alkyl halides is 2. The van der Waals surface area contributed by atoms with Crippen LogP contribution in [0.5, 0.6) is 11.5 Å². The van der Waals surface area contributed by atoms with Crippen LogP contribution >= 0.6 is 34.8 Å². The van der Waals surface area contributed by atoms with Gasteiger partial charge in [0.15, 0.2) is 5.75 Å². The van der Waals surface area contributed by atoms with Gasteiger partial charge in [0.1, 0.15) is 25.1 Å². The van der Waals surface area contributed by atoms with E-state index in [1.165, 1.54) is 0 Å². The van der Waals surface area contributed by atoms with E-state index >= 15 is 0 Å². The van der Waals surface area contributed by atoms with Crippen LogP contribution in [-0.4, -0.2) is 37.0 Å². The van der Waals surface area contributed by atoms with E-state index in [0.29, 0.717) is 34.0 Å². The first-order chi connectivity index (χ1) is 13.7. The number of hydrogen-bond acceptors (Lipinski definition) is 3. The van der Waals surface area contributed by atoms with Gasteiger partial charge < -0.3 is 14.6 Å². The quantitative estimate of drug-likeness (QED) is 0.421. The summed E-state index contributed by atoms with van der Waals surface area (Å²) in [5.74, 6) is 1.70. The molecule has 0 fully saturated rings. The molecule has 0 bridgehead atoms. The average molecular weight is 464 g/mol. The van der Waals surface area contributed by atoms with E-state index in [-0.39, 0.29) is 17.9 Å². The van der Waals surface area contributed by atoms with Crippen molar-refractivity contribution in [2.75, 3.05) is 25.8 Å². The van der Waals surface area contributed by atoms with E-state index in [1.54, 1.807) is 12.1 Å². The fraction of sp³-hybridized carbons (Fsp3) is 0.455. The summed E-state index contributed by atoms with van der Waals surface area (Å²) >= 11 is 18.7. The topological polar surface area (TPSA) is 38.7 Å². The van der Waals surface area contributed by atoms with Crippen molar-refractivity contribution in [3.8, 4) is 11.5 Å². The molecule has 0 aliphatic carbocycles. The van der Waals surface area contributed by atoms with Gasteiger partial charge in [-0.3, -0.25) is 0 Å². The molecule has 0 amide bonds. The van der Waals surface area contributed by atoms with Gasteiger partial charge in [-0.25, -0.2) is 4.39 Å². The monoisotopic (exact) mass is 462 g/mol. The molecule has 2 aromatic carbocycles. The summed E-state index contributed by atoms with van der Waals surface area (Å²) in [5, 5.41) is 10.2. The second-order valence-electron chi connectivity index (χ2n) is 7.61. The Kier molecular flexibility index (Phi) is 8.90. The Labute approximate surface area is 186 Å². The van der Waals surface area contributed by atoms with Crippen molar-refractivity contribution in [2.24, 2.45) is 5.92 Å². The Morgan fingerprint density at radius 1 is 1.00 bits per heavy atom. The first-order valence-corrected chi connectivity index (χ1v) is 10.6. The lowest BCUT2D eigenvalue weighted by Crippen LogP contribution is -2.20. The van der Waals surface area contributed by atoms with Crippen molar-refractivity contribution in [1.82, 2.24) is 0 Å². The highest BCUT2D eigenvalue weighted by molar-refractivity contribution is 6.37. The standard InChI is InChI=1S/C22H26Cl3FO3/c1-14(10-23)12-29-21-19(24)8-16(9-20(21)25)22(2,3)15-4-6-18(7-5-15)28-13-17(27)11-26/h4-9,14,17,27H,10-13H2,1-3H3/t14-,17+/m0/s1. The van der Waals surface area contributed by atoms with E-state index in [0.717, 1.165) is 11.1 Å². The molecule has 0 unspecified atom stereocenters. The van der Waals surface area contributed by atoms with Gasteiger partial charge in [0.05, 0.1) is 16.7 Å². The van der Waals surface area contributed by atoms with Crippen LogP contribution in [0.4, 0.5) is 4.39 Å². The van der Waals surface area contributed by atoms with E-state index in [1.807, 2.05) is 31.2 Å². The summed E-state index contributed by atoms with van der Waals surface area (Å²) in [6.45, 7) is 5.62. The zero-order chi connectivity index (χ0) is 21.6. The molecule has 0 spiro atoms. The molecular formula is C22H26Cl3FO3. The van der Waals surface area contributed by atoms with Gasteiger partial charge in [0.25, 0.3) is 0 Å². The van der Waals surface area contributed by atoms with Gasteiger partial charge >= 0.3 is 0 Å². The van der Waals surface area contributed by atoms with Crippen LogP contribution in [-0.2, 0) is 5.41 Å². The summed E-state index contributed by atoms with van der Waals surface area (Å²) in [4.78, 5) is 0.